The summed E-state index contributed by atoms with van der Waals surface area (Å²) in [5.41, 5.74) is 14.6. The van der Waals surface area contributed by atoms with Crippen LogP contribution >= 0.6 is 0 Å². The fraction of sp³-hybridized carbons (Fsp3) is 0.385. The molecule has 1 fully saturated rings. The van der Waals surface area contributed by atoms with Crippen LogP contribution in [0.5, 0.6) is 11.5 Å². The topological polar surface area (TPSA) is 127 Å². The minimum Gasteiger partial charge on any atom is -0.493 e. The number of aliphatic imine (C=N–C) groups is 1. The average Bonchev–Trinajstić information content (AvgIpc) is 2.84. The molecule has 0 unspecified atom stereocenters. The van der Waals surface area contributed by atoms with E-state index in [2.05, 4.69) is 22.2 Å². The van der Waals surface area contributed by atoms with E-state index in [0.29, 0.717) is 34.4 Å². The van der Waals surface area contributed by atoms with E-state index in [1.54, 1.807) is 12.1 Å². The van der Waals surface area contributed by atoms with Gasteiger partial charge in [-0.25, -0.2) is 4.99 Å². The van der Waals surface area contributed by atoms with E-state index in [4.69, 9.17) is 20.9 Å². The van der Waals surface area contributed by atoms with Crippen LogP contribution in [0.25, 0.3) is 0 Å². The van der Waals surface area contributed by atoms with Gasteiger partial charge in [0.25, 0.3) is 5.91 Å². The third-order valence-corrected chi connectivity index (χ3v) is 6.15. The summed E-state index contributed by atoms with van der Waals surface area (Å²) in [7, 11) is 6.85. The molecule has 3 rings (SSSR count). The highest BCUT2D eigenvalue weighted by Crippen LogP contribution is 2.32. The molecule has 0 atom stereocenters. The number of hydrogen-bond acceptors (Lipinski definition) is 8. The Morgan fingerprint density at radius 1 is 1.03 bits per heavy atom. The number of ether oxygens (including phenoxy) is 2. The minimum atomic E-state index is -0.217. The standard InChI is InChI=1S/C26H36N6O3/c1-16(30-22-9-7-6-8-19(22)25(28)32(2)3)29-17-10-12-18(13-11-17)31-26(33)20-14-23(34-4)24(35-5)15-21(20)27/h6-9,14-15,17-18,29H,1,10-13,27-28H2,2-5H3,(H,31,33)/b25-19+,30-22-/t17-,18+. The van der Waals surface area contributed by atoms with E-state index >= 15 is 0 Å². The number of allylic oxidation sites excluding steroid dienone is 5. The lowest BCUT2D eigenvalue weighted by molar-refractivity contribution is 0.0925. The number of nitrogen functional groups attached to an aromatic ring is 1. The second-order valence-electron chi connectivity index (χ2n) is 8.82. The molecule has 9 heteroatoms. The lowest BCUT2D eigenvalue weighted by Gasteiger charge is -2.30. The molecule has 1 saturated carbocycles. The second kappa shape index (κ2) is 11.5. The van der Waals surface area contributed by atoms with Gasteiger partial charge in [0.1, 0.15) is 11.6 Å². The molecule has 0 radical (unpaired) electrons. The lowest BCUT2D eigenvalue weighted by atomic mass is 9.91. The van der Waals surface area contributed by atoms with Crippen LogP contribution in [0.2, 0.25) is 0 Å². The highest BCUT2D eigenvalue weighted by Gasteiger charge is 2.24. The Bertz CT molecular complexity index is 1080. The molecule has 188 valence electrons. The van der Waals surface area contributed by atoms with E-state index in [1.165, 1.54) is 14.2 Å². The molecule has 1 amide bonds. The molecule has 6 N–H and O–H groups in total. The van der Waals surface area contributed by atoms with E-state index < -0.39 is 0 Å². The predicted octanol–water partition coefficient (Wildman–Crippen LogP) is 2.69. The van der Waals surface area contributed by atoms with Gasteiger partial charge in [-0.05, 0) is 43.9 Å². The highest BCUT2D eigenvalue weighted by atomic mass is 16.5. The zero-order chi connectivity index (χ0) is 25.5. The van der Waals surface area contributed by atoms with E-state index in [-0.39, 0.29) is 18.0 Å². The van der Waals surface area contributed by atoms with Crippen molar-refractivity contribution >= 4 is 17.3 Å². The van der Waals surface area contributed by atoms with Crippen molar-refractivity contribution in [2.75, 3.05) is 34.0 Å². The van der Waals surface area contributed by atoms with Crippen LogP contribution in [-0.2, 0) is 0 Å². The van der Waals surface area contributed by atoms with Gasteiger partial charge in [-0.2, -0.15) is 0 Å². The first kappa shape index (κ1) is 25.7. The smallest absolute Gasteiger partial charge is 0.253 e. The first-order chi connectivity index (χ1) is 16.7. The third-order valence-electron chi connectivity index (χ3n) is 6.15. The maximum absolute atomic E-state index is 12.9. The van der Waals surface area contributed by atoms with Crippen LogP contribution in [0, 0.1) is 0 Å². The number of carbonyl (C=O) groups excluding carboxylic acids is 1. The SMILES string of the molecule is C=C(/N=C1/C=CC=C/C1=C(/N)N(C)C)N[C@H]1CC[C@@H](NC(=O)c2cc(OC)c(OC)cc2N)CC1. The normalized spacial score (nSPS) is 21.9. The van der Waals surface area contributed by atoms with Gasteiger partial charge in [-0.3, -0.25) is 4.79 Å². The van der Waals surface area contributed by atoms with Crippen LogP contribution in [-0.4, -0.2) is 56.9 Å². The van der Waals surface area contributed by atoms with Crippen molar-refractivity contribution in [3.63, 3.8) is 0 Å². The summed E-state index contributed by atoms with van der Waals surface area (Å²) in [6.45, 7) is 4.09. The maximum atomic E-state index is 12.9. The molecule has 0 aliphatic heterocycles. The van der Waals surface area contributed by atoms with Gasteiger partial charge in [0.05, 0.1) is 25.5 Å². The van der Waals surface area contributed by atoms with Gasteiger partial charge in [-0.1, -0.05) is 18.7 Å². The van der Waals surface area contributed by atoms with Crippen molar-refractivity contribution in [2.45, 2.75) is 37.8 Å². The highest BCUT2D eigenvalue weighted by molar-refractivity contribution is 6.12. The number of methoxy groups -OCH3 is 2. The van der Waals surface area contributed by atoms with Crippen LogP contribution < -0.4 is 31.6 Å². The Morgan fingerprint density at radius 2 is 1.60 bits per heavy atom. The summed E-state index contributed by atoms with van der Waals surface area (Å²) in [6.07, 6.45) is 11.2. The van der Waals surface area contributed by atoms with Crippen molar-refractivity contribution in [2.24, 2.45) is 10.7 Å². The molecule has 2 aliphatic rings. The van der Waals surface area contributed by atoms with Gasteiger partial charge in [0.15, 0.2) is 11.5 Å². The van der Waals surface area contributed by atoms with Gasteiger partial charge in [0.2, 0.25) is 0 Å². The van der Waals surface area contributed by atoms with E-state index in [9.17, 15) is 4.79 Å². The number of nitrogens with two attached hydrogens (primary N) is 2. The fourth-order valence-electron chi connectivity index (χ4n) is 4.18. The molecule has 1 aromatic rings. The van der Waals surface area contributed by atoms with E-state index in [0.717, 1.165) is 37.0 Å². The molecule has 0 heterocycles. The number of amides is 1. The van der Waals surface area contributed by atoms with Crippen LogP contribution in [0.15, 0.2) is 65.2 Å². The molecule has 2 aliphatic carbocycles. The average molecular weight is 481 g/mol. The van der Waals surface area contributed by atoms with Gasteiger partial charge < -0.3 is 36.5 Å². The monoisotopic (exact) mass is 480 g/mol. The molecule has 9 nitrogen and oxygen atoms in total. The fourth-order valence-corrected chi connectivity index (χ4v) is 4.18. The quantitative estimate of drug-likeness (QED) is 0.421. The molecule has 0 bridgehead atoms. The maximum Gasteiger partial charge on any atom is 0.253 e. The molecule has 0 spiro atoms. The van der Waals surface area contributed by atoms with Gasteiger partial charge in [-0.15, -0.1) is 0 Å². The summed E-state index contributed by atoms with van der Waals surface area (Å²) < 4.78 is 10.5. The Balaban J connectivity index is 1.56. The molecule has 1 aromatic carbocycles. The van der Waals surface area contributed by atoms with Gasteiger partial charge >= 0.3 is 0 Å². The Kier molecular flexibility index (Phi) is 8.46. The minimum absolute atomic E-state index is 0.0634. The number of rotatable bonds is 8. The lowest BCUT2D eigenvalue weighted by Crippen LogP contribution is -2.42. The van der Waals surface area contributed by atoms with Crippen molar-refractivity contribution in [3.8, 4) is 11.5 Å². The summed E-state index contributed by atoms with van der Waals surface area (Å²) >= 11 is 0. The zero-order valence-electron chi connectivity index (χ0n) is 20.9. The Labute approximate surface area is 207 Å². The molecular weight excluding hydrogens is 444 g/mol. The summed E-state index contributed by atoms with van der Waals surface area (Å²) in [5.74, 6) is 1.97. The summed E-state index contributed by atoms with van der Waals surface area (Å²) in [4.78, 5) is 19.4. The van der Waals surface area contributed by atoms with Crippen LogP contribution in [0.4, 0.5) is 5.69 Å². The summed E-state index contributed by atoms with van der Waals surface area (Å²) in [5, 5.41) is 6.52. The number of hydrogen-bond donors (Lipinski definition) is 4. The van der Waals surface area contributed by atoms with Crippen LogP contribution in [0.3, 0.4) is 0 Å². The van der Waals surface area contributed by atoms with Crippen LogP contribution in [0.1, 0.15) is 36.0 Å². The summed E-state index contributed by atoms with van der Waals surface area (Å²) in [6, 6.07) is 3.51. The van der Waals surface area contributed by atoms with E-state index in [1.807, 2.05) is 43.3 Å². The van der Waals surface area contributed by atoms with Crippen molar-refractivity contribution in [1.29, 1.82) is 0 Å². The number of nitrogens with zero attached hydrogens (tertiary/aromatic N) is 2. The molecule has 0 aromatic heterocycles. The number of carbonyl (C=O) groups is 1. The first-order valence-electron chi connectivity index (χ1n) is 11.6. The Morgan fingerprint density at radius 3 is 2.20 bits per heavy atom. The zero-order valence-corrected chi connectivity index (χ0v) is 20.9. The molecule has 0 saturated heterocycles. The third kappa shape index (κ3) is 6.38. The number of anilines is 1. The Hall–Kier alpha value is -3.88. The predicted molar refractivity (Wildman–Crippen MR) is 140 cm³/mol. The largest absolute Gasteiger partial charge is 0.493 e. The number of benzene rings is 1. The molecular formula is C26H36N6O3. The van der Waals surface area contributed by atoms with Crippen molar-refractivity contribution in [3.05, 3.63) is 65.8 Å². The van der Waals surface area contributed by atoms with Gasteiger partial charge in [0, 0.05) is 43.5 Å². The first-order valence-corrected chi connectivity index (χ1v) is 11.6. The second-order valence-corrected chi connectivity index (χ2v) is 8.82. The molecule has 35 heavy (non-hydrogen) atoms. The number of nitrogens with one attached hydrogen (secondary N) is 2. The van der Waals surface area contributed by atoms with Crippen molar-refractivity contribution in [1.82, 2.24) is 15.5 Å². The van der Waals surface area contributed by atoms with Crippen molar-refractivity contribution < 1.29 is 14.3 Å².